The monoisotopic (exact) mass is 484 g/mol. The van der Waals surface area contributed by atoms with E-state index >= 15 is 0 Å². The molecule has 0 aromatic carbocycles. The number of nitrogens with zero attached hydrogens (tertiary/aromatic N) is 1. The molecular weight excluding hydrogens is 452 g/mol. The van der Waals surface area contributed by atoms with Gasteiger partial charge in [0.05, 0.1) is 24.9 Å². The van der Waals surface area contributed by atoms with Crippen LogP contribution < -0.4 is 21.7 Å². The lowest BCUT2D eigenvalue weighted by Crippen LogP contribution is -2.59. The van der Waals surface area contributed by atoms with E-state index in [2.05, 4.69) is 25.9 Å². The number of carboxylic acids is 2. The van der Waals surface area contributed by atoms with Crippen molar-refractivity contribution in [1.82, 2.24) is 25.9 Å². The average molecular weight is 485 g/mol. The molecule has 0 spiro atoms. The van der Waals surface area contributed by atoms with Gasteiger partial charge < -0.3 is 42.0 Å². The Morgan fingerprint density at radius 2 is 1.59 bits per heavy atom. The van der Waals surface area contributed by atoms with E-state index in [1.54, 1.807) is 13.8 Å². The molecule has 1 heterocycles. The third-order valence-corrected chi connectivity index (χ3v) is 4.73. The second kappa shape index (κ2) is 13.3. The summed E-state index contributed by atoms with van der Waals surface area (Å²) < 4.78 is 0. The third-order valence-electron chi connectivity index (χ3n) is 4.73. The van der Waals surface area contributed by atoms with Crippen molar-refractivity contribution >= 4 is 29.7 Å². The molecule has 1 aromatic rings. The first-order chi connectivity index (χ1) is 15.8. The van der Waals surface area contributed by atoms with E-state index in [0.717, 1.165) is 0 Å². The topological polar surface area (TPSA) is 237 Å². The minimum Gasteiger partial charge on any atom is -0.481 e. The van der Waals surface area contributed by atoms with Gasteiger partial charge in [0.15, 0.2) is 6.04 Å². The fourth-order valence-corrected chi connectivity index (χ4v) is 3.00. The molecule has 1 aromatic heterocycles. The van der Waals surface area contributed by atoms with Crippen molar-refractivity contribution in [3.8, 4) is 0 Å². The summed E-state index contributed by atoms with van der Waals surface area (Å²) in [5, 5.41) is 34.8. The van der Waals surface area contributed by atoms with Crippen LogP contribution in [0.4, 0.5) is 0 Å². The molecule has 14 nitrogen and oxygen atoms in total. The van der Waals surface area contributed by atoms with Crippen LogP contribution in [0.2, 0.25) is 0 Å². The van der Waals surface area contributed by atoms with Gasteiger partial charge in [-0.1, -0.05) is 13.8 Å². The minimum absolute atomic E-state index is 0.0706. The van der Waals surface area contributed by atoms with Gasteiger partial charge in [0.25, 0.3) is 0 Å². The standard InChI is InChI=1S/C20H32N6O8/c1-9(2)4-13(19(32)26-16(10(3)27)20(33)34)25-18(31)14(5-11-7-22-8-23-11)24-17(30)12(21)6-15(28)29/h7-10,12-14,16,27H,4-6,21H2,1-3H3,(H,22,23)(H,24,30)(H,25,31)(H,26,32)(H,28,29)(H,33,34). The van der Waals surface area contributed by atoms with Crippen molar-refractivity contribution in [2.75, 3.05) is 0 Å². The lowest BCUT2D eigenvalue weighted by atomic mass is 10.0. The fraction of sp³-hybridized carbons (Fsp3) is 0.600. The van der Waals surface area contributed by atoms with Crippen LogP contribution in [0.1, 0.15) is 39.3 Å². The highest BCUT2D eigenvalue weighted by atomic mass is 16.4. The molecule has 5 atom stereocenters. The van der Waals surface area contributed by atoms with Crippen molar-refractivity contribution < 1.29 is 39.3 Å². The molecule has 0 radical (unpaired) electrons. The van der Waals surface area contributed by atoms with Crippen LogP contribution in [0, 0.1) is 5.92 Å². The molecule has 0 fully saturated rings. The maximum atomic E-state index is 13.0. The number of imidazole rings is 1. The molecule has 1 rings (SSSR count). The van der Waals surface area contributed by atoms with Gasteiger partial charge in [0.1, 0.15) is 12.1 Å². The number of carbonyl (C=O) groups is 5. The Bertz CT molecular complexity index is 857. The van der Waals surface area contributed by atoms with Crippen LogP contribution in [0.25, 0.3) is 0 Å². The number of aliphatic carboxylic acids is 2. The van der Waals surface area contributed by atoms with Crippen LogP contribution in [0.5, 0.6) is 0 Å². The van der Waals surface area contributed by atoms with Gasteiger partial charge in [-0.25, -0.2) is 9.78 Å². The van der Waals surface area contributed by atoms with Crippen LogP contribution in [0.15, 0.2) is 12.5 Å². The second-order valence-corrected chi connectivity index (χ2v) is 8.30. The van der Waals surface area contributed by atoms with Gasteiger partial charge in [-0.15, -0.1) is 0 Å². The van der Waals surface area contributed by atoms with Gasteiger partial charge in [-0.05, 0) is 19.3 Å². The summed E-state index contributed by atoms with van der Waals surface area (Å²) in [5.41, 5.74) is 6.05. The summed E-state index contributed by atoms with van der Waals surface area (Å²) in [6.07, 6.45) is 0.797. The molecule has 14 heteroatoms. The highest BCUT2D eigenvalue weighted by molar-refractivity contribution is 5.94. The van der Waals surface area contributed by atoms with Gasteiger partial charge in [0.2, 0.25) is 17.7 Å². The number of hydrogen-bond acceptors (Lipinski definition) is 8. The number of rotatable bonds is 14. The summed E-state index contributed by atoms with van der Waals surface area (Å²) in [6.45, 7) is 4.76. The van der Waals surface area contributed by atoms with E-state index in [4.69, 9.17) is 10.8 Å². The Morgan fingerprint density at radius 1 is 1.00 bits per heavy atom. The minimum atomic E-state index is -1.59. The first-order valence-electron chi connectivity index (χ1n) is 10.6. The number of H-pyrrole nitrogens is 1. The summed E-state index contributed by atoms with van der Waals surface area (Å²) >= 11 is 0. The second-order valence-electron chi connectivity index (χ2n) is 8.30. The largest absolute Gasteiger partial charge is 0.481 e. The number of aromatic amines is 1. The maximum absolute atomic E-state index is 13.0. The average Bonchev–Trinajstić information content (AvgIpc) is 3.22. The van der Waals surface area contributed by atoms with E-state index in [9.17, 15) is 34.2 Å². The number of nitrogens with two attached hydrogens (primary N) is 1. The normalized spacial score (nSPS) is 15.5. The summed E-state index contributed by atoms with van der Waals surface area (Å²) in [5.74, 6) is -5.33. The lowest BCUT2D eigenvalue weighted by Gasteiger charge is -2.26. The predicted molar refractivity (Wildman–Crippen MR) is 117 cm³/mol. The van der Waals surface area contributed by atoms with Crippen molar-refractivity contribution in [1.29, 1.82) is 0 Å². The Balaban J connectivity index is 3.06. The first-order valence-corrected chi connectivity index (χ1v) is 10.6. The Hall–Kier alpha value is -3.52. The molecule has 5 unspecified atom stereocenters. The maximum Gasteiger partial charge on any atom is 0.328 e. The number of aromatic nitrogens is 2. The van der Waals surface area contributed by atoms with Crippen LogP contribution in [-0.2, 0) is 30.4 Å². The molecule has 190 valence electrons. The zero-order chi connectivity index (χ0) is 26.0. The number of carbonyl (C=O) groups excluding carboxylic acids is 3. The quantitative estimate of drug-likeness (QED) is 0.141. The molecular formula is C20H32N6O8. The molecule has 34 heavy (non-hydrogen) atoms. The SMILES string of the molecule is CC(C)CC(NC(=O)C(Cc1cnc[nH]1)NC(=O)C(N)CC(=O)O)C(=O)NC(C(=O)O)C(C)O. The lowest BCUT2D eigenvalue weighted by molar-refractivity contribution is -0.145. The fourth-order valence-electron chi connectivity index (χ4n) is 3.00. The summed E-state index contributed by atoms with van der Waals surface area (Å²) in [6, 6.07) is -5.43. The molecule has 0 bridgehead atoms. The van der Waals surface area contributed by atoms with Gasteiger partial charge in [-0.2, -0.15) is 0 Å². The van der Waals surface area contributed by atoms with Crippen LogP contribution >= 0.6 is 0 Å². The number of hydrogen-bond donors (Lipinski definition) is 8. The molecule has 0 saturated heterocycles. The molecule has 3 amide bonds. The molecule has 0 saturated carbocycles. The highest BCUT2D eigenvalue weighted by Crippen LogP contribution is 2.08. The molecule has 9 N–H and O–H groups in total. The Kier molecular flexibility index (Phi) is 11.1. The van der Waals surface area contributed by atoms with Gasteiger partial charge >= 0.3 is 11.9 Å². The van der Waals surface area contributed by atoms with E-state index < -0.39 is 66.4 Å². The van der Waals surface area contributed by atoms with Gasteiger partial charge in [0, 0.05) is 18.3 Å². The predicted octanol–water partition coefficient (Wildman–Crippen LogP) is -2.28. The molecule has 0 aliphatic carbocycles. The smallest absolute Gasteiger partial charge is 0.328 e. The van der Waals surface area contributed by atoms with Crippen molar-refractivity contribution in [2.24, 2.45) is 11.7 Å². The Morgan fingerprint density at radius 3 is 2.06 bits per heavy atom. The van der Waals surface area contributed by atoms with Gasteiger partial charge in [-0.3, -0.25) is 19.2 Å². The molecule has 0 aliphatic heterocycles. The third kappa shape index (κ3) is 9.54. The van der Waals surface area contributed by atoms with Crippen molar-refractivity contribution in [2.45, 2.75) is 70.3 Å². The number of aliphatic hydroxyl groups is 1. The van der Waals surface area contributed by atoms with E-state index in [1.165, 1.54) is 19.4 Å². The van der Waals surface area contributed by atoms with Crippen LogP contribution in [0.3, 0.4) is 0 Å². The number of aliphatic hydroxyl groups excluding tert-OH is 1. The highest BCUT2D eigenvalue weighted by Gasteiger charge is 2.32. The zero-order valence-corrected chi connectivity index (χ0v) is 19.1. The summed E-state index contributed by atoms with van der Waals surface area (Å²) in [7, 11) is 0. The van der Waals surface area contributed by atoms with E-state index in [0.29, 0.717) is 5.69 Å². The van der Waals surface area contributed by atoms with Crippen LogP contribution in [-0.4, -0.2) is 85.2 Å². The number of amides is 3. The first kappa shape index (κ1) is 28.5. The number of nitrogens with one attached hydrogen (secondary N) is 4. The summed E-state index contributed by atoms with van der Waals surface area (Å²) in [4.78, 5) is 66.9. The molecule has 0 aliphatic rings. The zero-order valence-electron chi connectivity index (χ0n) is 19.1. The van der Waals surface area contributed by atoms with Crippen molar-refractivity contribution in [3.05, 3.63) is 18.2 Å². The van der Waals surface area contributed by atoms with Crippen molar-refractivity contribution in [3.63, 3.8) is 0 Å². The van der Waals surface area contributed by atoms with E-state index in [-0.39, 0.29) is 18.8 Å². The van der Waals surface area contributed by atoms with E-state index in [1.807, 2.05) is 0 Å². The Labute approximate surface area is 195 Å². The number of carboxylic acid groups (broad SMARTS) is 2.